The van der Waals surface area contributed by atoms with Crippen molar-refractivity contribution < 1.29 is 62.5 Å². The lowest BCUT2D eigenvalue weighted by Gasteiger charge is -2.23. The number of carbonyl (C=O) groups excluding carboxylic acids is 3. The third-order valence-electron chi connectivity index (χ3n) is 6.49. The van der Waals surface area contributed by atoms with E-state index >= 15 is 0 Å². The Morgan fingerprint density at radius 3 is 1.04 bits per heavy atom. The molecule has 49 heavy (non-hydrogen) atoms. The molecule has 0 aliphatic rings. The molecule has 0 saturated carbocycles. The number of nitrogens with one attached hydrogen (secondary N) is 2. The Balaban J connectivity index is 3.61. The quantitative estimate of drug-likeness (QED) is 0.0503. The lowest BCUT2D eigenvalue weighted by molar-refractivity contribution is -0.125. The number of aliphatic hydroxyl groups is 2. The van der Waals surface area contributed by atoms with Crippen molar-refractivity contribution in [3.8, 4) is 0 Å². The molecule has 16 nitrogen and oxygen atoms in total. The molecule has 0 atom stereocenters. The summed E-state index contributed by atoms with van der Waals surface area (Å²) >= 11 is 0. The van der Waals surface area contributed by atoms with Crippen LogP contribution in [-0.4, -0.2) is 183 Å². The lowest BCUT2D eigenvalue weighted by atomic mass is 9.80. The molecule has 0 bridgehead atoms. The van der Waals surface area contributed by atoms with E-state index < -0.39 is 11.1 Å². The van der Waals surface area contributed by atoms with Gasteiger partial charge in [-0.15, -0.1) is 0 Å². The fourth-order valence-electron chi connectivity index (χ4n) is 3.68. The summed E-state index contributed by atoms with van der Waals surface area (Å²) in [6.45, 7) is 15.3. The van der Waals surface area contributed by atoms with Gasteiger partial charge in [-0.2, -0.15) is 0 Å². The molecule has 3 amide bonds. The molecule has 17 heteroatoms. The first-order valence-electron chi connectivity index (χ1n) is 17.0. The second-order valence-electron chi connectivity index (χ2n) is 12.2. The highest BCUT2D eigenvalue weighted by molar-refractivity contribution is 6.72. The first-order valence-corrected chi connectivity index (χ1v) is 17.0. The van der Waals surface area contributed by atoms with Crippen LogP contribution in [-0.2, 0) is 47.5 Å². The summed E-state index contributed by atoms with van der Waals surface area (Å²) in [6, 6.07) is 0. The zero-order valence-corrected chi connectivity index (χ0v) is 30.5. The molecule has 0 heterocycles. The summed E-state index contributed by atoms with van der Waals surface area (Å²) < 4.78 is 43.8. The Hall–Kier alpha value is -1.93. The van der Waals surface area contributed by atoms with E-state index in [4.69, 9.17) is 48.1 Å². The standard InChI is InChI=1S/C32H63BN3O13/c1-31(2,26-37)34-28(39)6-10-42-14-18-46-22-24-48-20-16-44-12-8-36(30(41)33-5)9-13-45-17-21-49-25-23-47-19-15-43-11-7-29(40)35-32(3,4)27-38/h37-38H,6-27H2,1-5H3,(H,34,39)(H,35,40). The van der Waals surface area contributed by atoms with Crippen LogP contribution in [0.25, 0.3) is 0 Å². The van der Waals surface area contributed by atoms with Gasteiger partial charge in [0.05, 0.1) is 130 Å². The second kappa shape index (κ2) is 30.9. The van der Waals surface area contributed by atoms with Gasteiger partial charge in [0.25, 0.3) is 0 Å². The van der Waals surface area contributed by atoms with Crippen molar-refractivity contribution in [3.63, 3.8) is 0 Å². The van der Waals surface area contributed by atoms with Gasteiger partial charge in [-0.3, -0.25) is 14.4 Å². The van der Waals surface area contributed by atoms with Crippen molar-refractivity contribution in [1.29, 1.82) is 0 Å². The third-order valence-corrected chi connectivity index (χ3v) is 6.49. The number of ether oxygens (including phenoxy) is 8. The maximum absolute atomic E-state index is 12.2. The Kier molecular flexibility index (Phi) is 29.6. The summed E-state index contributed by atoms with van der Waals surface area (Å²) in [4.78, 5) is 37.4. The van der Waals surface area contributed by atoms with Gasteiger partial charge in [-0.1, -0.05) is 6.82 Å². The van der Waals surface area contributed by atoms with Gasteiger partial charge >= 0.3 is 0 Å². The summed E-state index contributed by atoms with van der Waals surface area (Å²) in [5.74, 6) is -0.441. The van der Waals surface area contributed by atoms with Crippen LogP contribution in [0.4, 0.5) is 4.79 Å². The van der Waals surface area contributed by atoms with Crippen LogP contribution in [0, 0.1) is 0 Å². The van der Waals surface area contributed by atoms with Crippen molar-refractivity contribution >= 4 is 24.9 Å². The van der Waals surface area contributed by atoms with Crippen molar-refractivity contribution in [2.45, 2.75) is 58.4 Å². The largest absolute Gasteiger partial charge is 0.394 e. The SMILES string of the molecule is C[B]C(=O)N(CCOCCOCCOCCOCCC(=O)NC(C)(C)CO)CCOCCOCCOCCOCCC(=O)NC(C)(C)CO. The van der Waals surface area contributed by atoms with Crippen LogP contribution in [0.3, 0.4) is 0 Å². The second-order valence-corrected chi connectivity index (χ2v) is 12.2. The number of amides is 3. The van der Waals surface area contributed by atoms with E-state index in [1.54, 1.807) is 39.4 Å². The predicted octanol–water partition coefficient (Wildman–Crippen LogP) is -0.152. The van der Waals surface area contributed by atoms with Gasteiger partial charge in [0.1, 0.15) is 0 Å². The van der Waals surface area contributed by atoms with Gasteiger partial charge in [-0.05, 0) is 27.7 Å². The molecule has 0 saturated heterocycles. The summed E-state index contributed by atoms with van der Waals surface area (Å²) in [5, 5.41) is 23.8. The minimum absolute atomic E-state index is 0.0928. The molecular weight excluding hydrogens is 645 g/mol. The molecule has 0 aromatic carbocycles. The van der Waals surface area contributed by atoms with E-state index in [0.717, 1.165) is 0 Å². The molecule has 0 fully saturated rings. The van der Waals surface area contributed by atoms with Crippen molar-refractivity contribution in [1.82, 2.24) is 15.5 Å². The minimum atomic E-state index is -0.645. The fourth-order valence-corrected chi connectivity index (χ4v) is 3.68. The first-order chi connectivity index (χ1) is 23.5. The average Bonchev–Trinajstić information content (AvgIpc) is 3.06. The monoisotopic (exact) mass is 708 g/mol. The number of carbonyl (C=O) groups is 3. The highest BCUT2D eigenvalue weighted by Gasteiger charge is 2.19. The van der Waals surface area contributed by atoms with Gasteiger partial charge in [-0.25, -0.2) is 0 Å². The van der Waals surface area contributed by atoms with Crippen LogP contribution in [0.15, 0.2) is 0 Å². The van der Waals surface area contributed by atoms with E-state index in [1.165, 1.54) is 7.28 Å². The zero-order valence-electron chi connectivity index (χ0n) is 30.5. The van der Waals surface area contributed by atoms with Crippen LogP contribution in [0.1, 0.15) is 40.5 Å². The van der Waals surface area contributed by atoms with Crippen LogP contribution < -0.4 is 10.6 Å². The van der Waals surface area contributed by atoms with Crippen LogP contribution >= 0.6 is 0 Å². The molecule has 0 unspecified atom stereocenters. The third kappa shape index (κ3) is 30.6. The Morgan fingerprint density at radius 2 is 0.776 bits per heavy atom. The van der Waals surface area contributed by atoms with E-state index in [9.17, 15) is 14.4 Å². The number of rotatable bonds is 35. The number of nitrogens with zero attached hydrogens (tertiary/aromatic N) is 1. The molecular formula is C32H63BN3O13. The average molecular weight is 709 g/mol. The van der Waals surface area contributed by atoms with Crippen molar-refractivity contribution in [2.75, 3.05) is 132 Å². The van der Waals surface area contributed by atoms with E-state index in [-0.39, 0.29) is 56.9 Å². The topological polar surface area (TPSA) is 193 Å². The molecule has 0 aromatic heterocycles. The Bertz CT molecular complexity index is 782. The Morgan fingerprint density at radius 1 is 0.510 bits per heavy atom. The normalized spacial score (nSPS) is 11.8. The van der Waals surface area contributed by atoms with Crippen LogP contribution in [0.5, 0.6) is 0 Å². The lowest BCUT2D eigenvalue weighted by Crippen LogP contribution is -2.46. The number of aliphatic hydroxyl groups excluding tert-OH is 2. The molecule has 0 aliphatic heterocycles. The van der Waals surface area contributed by atoms with Crippen molar-refractivity contribution in [2.24, 2.45) is 0 Å². The molecule has 287 valence electrons. The first kappa shape index (κ1) is 47.1. The van der Waals surface area contributed by atoms with Crippen LogP contribution in [0.2, 0.25) is 6.82 Å². The van der Waals surface area contributed by atoms with E-state index in [0.29, 0.717) is 106 Å². The van der Waals surface area contributed by atoms with Gasteiger partial charge in [0, 0.05) is 25.9 Å². The Labute approximate surface area is 293 Å². The molecule has 0 rings (SSSR count). The maximum Gasteiger partial charge on any atom is 0.229 e. The fraction of sp³-hybridized carbons (Fsp3) is 0.906. The molecule has 0 aromatic rings. The maximum atomic E-state index is 12.2. The molecule has 0 spiro atoms. The van der Waals surface area contributed by atoms with E-state index in [2.05, 4.69) is 10.6 Å². The highest BCUT2D eigenvalue weighted by atomic mass is 16.6. The number of hydrogen-bond donors (Lipinski definition) is 4. The summed E-state index contributed by atoms with van der Waals surface area (Å²) in [7, 11) is 1.51. The van der Waals surface area contributed by atoms with E-state index in [1.807, 2.05) is 0 Å². The number of hydrogen-bond acceptors (Lipinski definition) is 13. The van der Waals surface area contributed by atoms with Gasteiger partial charge in [0.2, 0.25) is 19.1 Å². The summed E-state index contributed by atoms with van der Waals surface area (Å²) in [6.07, 6.45) is 0.434. The molecule has 4 N–H and O–H groups in total. The smallest absolute Gasteiger partial charge is 0.229 e. The zero-order chi connectivity index (χ0) is 36.6. The van der Waals surface area contributed by atoms with Gasteiger partial charge < -0.3 is 63.6 Å². The van der Waals surface area contributed by atoms with Crippen molar-refractivity contribution in [3.05, 3.63) is 0 Å². The highest BCUT2D eigenvalue weighted by Crippen LogP contribution is 2.01. The minimum Gasteiger partial charge on any atom is -0.394 e. The summed E-state index contributed by atoms with van der Waals surface area (Å²) in [5.41, 5.74) is -1.29. The van der Waals surface area contributed by atoms with Gasteiger partial charge in [0.15, 0.2) is 5.81 Å². The molecule has 0 aliphatic carbocycles. The molecule has 1 radical (unpaired) electrons. The predicted molar refractivity (Wildman–Crippen MR) is 183 cm³/mol.